The molecule has 13 nitrogen and oxygen atoms in total. The molecule has 256 valence electrons. The van der Waals surface area contributed by atoms with Crippen LogP contribution in [0, 0.1) is 17.8 Å². The standard InChI is InChI=1S/C32H39FN7O6PS/c1-8-32(33)25(41)23(45-29(32)40-18-35-24-26(39(6)7)36-30(34)37-27(24)40)16-44-47(48,38-19(2)28(42)43-17-31(3,4)5)46-22-15-11-13-20-12-9-10-14-21(20)22/h1,9-15,18-19,23,25,29,41H,16-17H2,2-7H3,(H,38,48)(H2,34,36,37)/t19-,23+,25+,29+,32+,47-/m0/s1. The number of imidazole rings is 1. The number of nitrogens with two attached hydrogens (primary N) is 1. The number of benzene rings is 2. The number of halogens is 1. The van der Waals surface area contributed by atoms with E-state index in [4.69, 9.17) is 42.5 Å². The number of alkyl halides is 1. The van der Waals surface area contributed by atoms with Gasteiger partial charge in [0.15, 0.2) is 23.2 Å². The van der Waals surface area contributed by atoms with Crippen LogP contribution in [0.25, 0.3) is 21.9 Å². The summed E-state index contributed by atoms with van der Waals surface area (Å²) in [4.78, 5) is 27.4. The maximum absolute atomic E-state index is 16.5. The van der Waals surface area contributed by atoms with E-state index in [0.29, 0.717) is 17.1 Å². The first-order valence-electron chi connectivity index (χ1n) is 15.1. The van der Waals surface area contributed by atoms with Crippen LogP contribution < -0.4 is 20.2 Å². The Hall–Kier alpha value is -3.90. The van der Waals surface area contributed by atoms with E-state index in [-0.39, 0.29) is 23.6 Å². The molecule has 1 fully saturated rings. The summed E-state index contributed by atoms with van der Waals surface area (Å²) < 4.78 is 41.8. The van der Waals surface area contributed by atoms with Crippen molar-refractivity contribution in [2.45, 2.75) is 57.8 Å². The van der Waals surface area contributed by atoms with Crippen molar-refractivity contribution in [3.8, 4) is 18.1 Å². The molecule has 0 unspecified atom stereocenters. The van der Waals surface area contributed by atoms with E-state index in [9.17, 15) is 9.90 Å². The second-order valence-corrected chi connectivity index (χ2v) is 16.0. The van der Waals surface area contributed by atoms with E-state index in [1.807, 2.05) is 57.0 Å². The fraction of sp³-hybridized carbons (Fsp3) is 0.438. The lowest BCUT2D eigenvalue weighted by Gasteiger charge is -2.28. The number of terminal acetylenes is 1. The molecule has 2 aromatic heterocycles. The molecule has 1 saturated heterocycles. The Kier molecular flexibility index (Phi) is 9.99. The predicted octanol–water partition coefficient (Wildman–Crippen LogP) is 4.12. The van der Waals surface area contributed by atoms with E-state index in [1.54, 1.807) is 38.1 Å². The third-order valence-corrected chi connectivity index (χ3v) is 9.98. The summed E-state index contributed by atoms with van der Waals surface area (Å²) >= 11 is 5.91. The minimum Gasteiger partial charge on any atom is -0.464 e. The molecule has 2 aromatic carbocycles. The molecule has 1 aliphatic rings. The van der Waals surface area contributed by atoms with Gasteiger partial charge in [-0.1, -0.05) is 63.1 Å². The fourth-order valence-electron chi connectivity index (χ4n) is 5.08. The number of aliphatic hydroxyl groups is 1. The third-order valence-electron chi connectivity index (χ3n) is 7.49. The lowest BCUT2D eigenvalue weighted by Crippen LogP contribution is -2.42. The first-order chi connectivity index (χ1) is 22.5. The third kappa shape index (κ3) is 7.24. The highest BCUT2D eigenvalue weighted by molar-refractivity contribution is 8.09. The number of hydrogen-bond donors (Lipinski definition) is 3. The molecule has 1 aliphatic heterocycles. The van der Waals surface area contributed by atoms with E-state index >= 15 is 4.39 Å². The first kappa shape index (κ1) is 35.4. The topological polar surface area (TPSA) is 159 Å². The summed E-state index contributed by atoms with van der Waals surface area (Å²) in [7, 11) is 3.49. The van der Waals surface area contributed by atoms with Gasteiger partial charge in [-0.3, -0.25) is 9.36 Å². The van der Waals surface area contributed by atoms with E-state index in [0.717, 1.165) is 10.8 Å². The summed E-state index contributed by atoms with van der Waals surface area (Å²) in [5.41, 5.74) is 3.41. The number of fused-ring (bicyclic) bond motifs is 2. The number of esters is 1. The number of carbonyl (C=O) groups excluding carboxylic acids is 1. The second kappa shape index (κ2) is 13.5. The number of carbonyl (C=O) groups is 1. The summed E-state index contributed by atoms with van der Waals surface area (Å²) in [5, 5.41) is 15.8. The van der Waals surface area contributed by atoms with Crippen molar-refractivity contribution in [1.29, 1.82) is 0 Å². The highest BCUT2D eigenvalue weighted by Gasteiger charge is 2.58. The number of anilines is 2. The van der Waals surface area contributed by atoms with Gasteiger partial charge in [0.2, 0.25) is 11.6 Å². The fourth-order valence-corrected chi connectivity index (χ4v) is 7.50. The highest BCUT2D eigenvalue weighted by Crippen LogP contribution is 2.49. The average Bonchev–Trinajstić information content (AvgIpc) is 3.55. The van der Waals surface area contributed by atoms with Gasteiger partial charge in [-0.15, -0.1) is 6.42 Å². The number of aliphatic hydroxyl groups excluding tert-OH is 1. The smallest absolute Gasteiger partial charge is 0.323 e. The zero-order valence-corrected chi connectivity index (χ0v) is 29.2. The van der Waals surface area contributed by atoms with Crippen molar-refractivity contribution in [3.05, 3.63) is 48.8 Å². The number of aromatic nitrogens is 4. The van der Waals surface area contributed by atoms with Gasteiger partial charge in [0.25, 0.3) is 0 Å². The molecule has 0 aliphatic carbocycles. The lowest BCUT2D eigenvalue weighted by atomic mass is 9.97. The summed E-state index contributed by atoms with van der Waals surface area (Å²) in [6, 6.07) is 12.0. The molecule has 4 N–H and O–H groups in total. The number of ether oxygens (including phenoxy) is 2. The van der Waals surface area contributed by atoms with Gasteiger partial charge in [-0.25, -0.2) is 14.5 Å². The van der Waals surface area contributed by atoms with Gasteiger partial charge >= 0.3 is 12.6 Å². The van der Waals surface area contributed by atoms with Crippen LogP contribution in [0.5, 0.6) is 5.75 Å². The van der Waals surface area contributed by atoms with Crippen molar-refractivity contribution in [2.75, 3.05) is 37.9 Å². The first-order valence-corrected chi connectivity index (χ1v) is 17.7. The Morgan fingerprint density at radius 1 is 1.29 bits per heavy atom. The number of rotatable bonds is 11. The monoisotopic (exact) mass is 699 g/mol. The van der Waals surface area contributed by atoms with Crippen molar-refractivity contribution >= 4 is 58.1 Å². The quantitative estimate of drug-likeness (QED) is 0.117. The van der Waals surface area contributed by atoms with E-state index < -0.39 is 49.4 Å². The van der Waals surface area contributed by atoms with Crippen molar-refractivity contribution in [1.82, 2.24) is 24.6 Å². The van der Waals surface area contributed by atoms with Crippen LogP contribution in [0.15, 0.2) is 48.8 Å². The number of nitrogens with one attached hydrogen (secondary N) is 1. The SMILES string of the molecule is C#C[C@@]1(F)[C@H](O)[C@@H](CO[P@@](=S)(N[C@@H](C)C(=O)OCC(C)(C)C)Oc2cccc3ccccc23)O[C@H]1n1cnc2c(N(C)C)nc(N)nc21. The molecule has 4 aromatic rings. The Labute approximate surface area is 283 Å². The molecule has 5 rings (SSSR count). The molecule has 16 heteroatoms. The second-order valence-electron chi connectivity index (χ2n) is 12.9. The average molecular weight is 700 g/mol. The minimum absolute atomic E-state index is 0.0796. The zero-order chi connectivity index (χ0) is 35.0. The van der Waals surface area contributed by atoms with Gasteiger partial charge in [-0.05, 0) is 35.6 Å². The maximum atomic E-state index is 16.5. The largest absolute Gasteiger partial charge is 0.464 e. The molecule has 3 heterocycles. The lowest BCUT2D eigenvalue weighted by molar-refractivity contribution is -0.148. The van der Waals surface area contributed by atoms with Crippen LogP contribution in [0.1, 0.15) is 33.9 Å². The Morgan fingerprint density at radius 2 is 2.00 bits per heavy atom. The van der Waals surface area contributed by atoms with Crippen molar-refractivity contribution < 1.29 is 32.8 Å². The minimum atomic E-state index is -3.64. The Morgan fingerprint density at radius 3 is 2.69 bits per heavy atom. The van der Waals surface area contributed by atoms with E-state index in [1.165, 1.54) is 10.9 Å². The van der Waals surface area contributed by atoms with Gasteiger partial charge in [0.05, 0.1) is 19.5 Å². The zero-order valence-electron chi connectivity index (χ0n) is 27.5. The highest BCUT2D eigenvalue weighted by atomic mass is 32.5. The maximum Gasteiger partial charge on any atom is 0.323 e. The molecule has 48 heavy (non-hydrogen) atoms. The molecular weight excluding hydrogens is 660 g/mol. The number of nitrogen functional groups attached to an aromatic ring is 1. The van der Waals surface area contributed by atoms with Gasteiger partial charge < -0.3 is 34.3 Å². The number of nitrogens with zero attached hydrogens (tertiary/aromatic N) is 5. The Balaban J connectivity index is 1.43. The molecule has 0 amide bonds. The van der Waals surface area contributed by atoms with Crippen LogP contribution >= 0.6 is 6.64 Å². The van der Waals surface area contributed by atoms with Crippen LogP contribution in [-0.2, 0) is 30.6 Å². The van der Waals surface area contributed by atoms with Gasteiger partial charge in [0.1, 0.15) is 24.0 Å². The van der Waals surface area contributed by atoms with Crippen LogP contribution in [0.4, 0.5) is 16.2 Å². The van der Waals surface area contributed by atoms with Crippen LogP contribution in [0.2, 0.25) is 0 Å². The van der Waals surface area contributed by atoms with Gasteiger partial charge in [-0.2, -0.15) is 9.97 Å². The molecule has 0 bridgehead atoms. The normalized spacial score (nSPS) is 23.0. The van der Waals surface area contributed by atoms with Crippen molar-refractivity contribution in [2.24, 2.45) is 5.41 Å². The van der Waals surface area contributed by atoms with Crippen molar-refractivity contribution in [3.63, 3.8) is 0 Å². The molecule has 6 atom stereocenters. The van der Waals surface area contributed by atoms with Crippen LogP contribution in [-0.4, -0.2) is 81.8 Å². The number of hydrogen-bond acceptors (Lipinski definition) is 12. The molecule has 0 radical (unpaired) electrons. The van der Waals surface area contributed by atoms with Gasteiger partial charge in [0, 0.05) is 19.5 Å². The Bertz CT molecular complexity index is 1910. The molecule has 0 saturated carbocycles. The van der Waals surface area contributed by atoms with Crippen LogP contribution in [0.3, 0.4) is 0 Å². The summed E-state index contributed by atoms with van der Waals surface area (Å²) in [6.07, 6.45) is 2.18. The predicted molar refractivity (Wildman–Crippen MR) is 184 cm³/mol. The summed E-state index contributed by atoms with van der Waals surface area (Å²) in [5.74, 6) is 2.19. The molecular formula is C32H39FN7O6PS. The van der Waals surface area contributed by atoms with E-state index in [2.05, 4.69) is 20.0 Å². The summed E-state index contributed by atoms with van der Waals surface area (Å²) in [6.45, 7) is 3.46. The molecule has 0 spiro atoms.